The molecular weight excluding hydrogens is 304 g/mol. The second-order valence-corrected chi connectivity index (χ2v) is 6.02. The molecule has 0 fully saturated rings. The number of likely N-dealkylation sites (N-methyl/N-ethyl adjacent to an activating group) is 2. The van der Waals surface area contributed by atoms with Gasteiger partial charge in [-0.3, -0.25) is 9.69 Å². The number of rotatable bonds is 7. The van der Waals surface area contributed by atoms with Gasteiger partial charge in [0.15, 0.2) is 5.78 Å². The van der Waals surface area contributed by atoms with Gasteiger partial charge in [0, 0.05) is 22.6 Å². The molecule has 0 heterocycles. The number of ketones is 1. The van der Waals surface area contributed by atoms with Crippen molar-refractivity contribution in [1.82, 2.24) is 9.80 Å². The summed E-state index contributed by atoms with van der Waals surface area (Å²) in [6, 6.07) is 7.96. The topological polar surface area (TPSA) is 23.6 Å². The van der Waals surface area contributed by atoms with Crippen LogP contribution in [0.4, 0.5) is 0 Å². The molecular formula is C15H23BrN2O. The molecule has 0 aliphatic carbocycles. The van der Waals surface area contributed by atoms with Crippen molar-refractivity contribution in [1.29, 1.82) is 0 Å². The second-order valence-electron chi connectivity index (χ2n) is 5.11. The van der Waals surface area contributed by atoms with Crippen molar-refractivity contribution in [3.8, 4) is 0 Å². The van der Waals surface area contributed by atoms with Crippen molar-refractivity contribution in [2.45, 2.75) is 19.9 Å². The van der Waals surface area contributed by atoms with Crippen LogP contribution in [0.3, 0.4) is 0 Å². The maximum Gasteiger partial charge on any atom is 0.176 e. The summed E-state index contributed by atoms with van der Waals surface area (Å²) in [6.45, 7) is 6.58. The van der Waals surface area contributed by atoms with Crippen LogP contribution in [0.2, 0.25) is 0 Å². The van der Waals surface area contributed by atoms with Crippen molar-refractivity contribution in [2.75, 3.05) is 33.7 Å². The average molecular weight is 327 g/mol. The van der Waals surface area contributed by atoms with Gasteiger partial charge in [0.2, 0.25) is 0 Å². The minimum absolute atomic E-state index is 0.175. The van der Waals surface area contributed by atoms with Crippen LogP contribution >= 0.6 is 15.9 Å². The molecule has 1 unspecified atom stereocenters. The van der Waals surface area contributed by atoms with Gasteiger partial charge in [0.1, 0.15) is 0 Å². The van der Waals surface area contributed by atoms with Gasteiger partial charge in [-0.1, -0.05) is 35.0 Å². The van der Waals surface area contributed by atoms with Gasteiger partial charge in [0.25, 0.3) is 0 Å². The van der Waals surface area contributed by atoms with Crippen LogP contribution in [0.5, 0.6) is 0 Å². The molecule has 0 bridgehead atoms. The number of hydrogen-bond donors (Lipinski definition) is 0. The predicted octanol–water partition coefficient (Wildman–Crippen LogP) is 2.90. The number of hydrogen-bond acceptors (Lipinski definition) is 3. The fourth-order valence-corrected chi connectivity index (χ4v) is 2.56. The third-order valence-corrected chi connectivity index (χ3v) is 3.65. The number of Topliss-reactive ketones (excluding diaryl/α,β-unsaturated/α-hetero) is 1. The molecule has 0 amide bonds. The highest BCUT2D eigenvalue weighted by molar-refractivity contribution is 9.10. The van der Waals surface area contributed by atoms with Crippen molar-refractivity contribution in [3.63, 3.8) is 0 Å². The fraction of sp³-hybridized carbons (Fsp3) is 0.533. The molecule has 1 aromatic rings. The van der Waals surface area contributed by atoms with E-state index in [2.05, 4.69) is 53.7 Å². The molecule has 106 valence electrons. The first kappa shape index (κ1) is 16.3. The minimum Gasteiger partial charge on any atom is -0.308 e. The summed E-state index contributed by atoms with van der Waals surface area (Å²) in [5, 5.41) is 0. The van der Waals surface area contributed by atoms with Crippen LogP contribution in [-0.2, 0) is 0 Å². The predicted molar refractivity (Wildman–Crippen MR) is 83.7 cm³/mol. The van der Waals surface area contributed by atoms with E-state index in [9.17, 15) is 4.79 Å². The summed E-state index contributed by atoms with van der Waals surface area (Å²) in [7, 11) is 4.11. The van der Waals surface area contributed by atoms with E-state index in [4.69, 9.17) is 0 Å². The first-order valence-corrected chi connectivity index (χ1v) is 7.41. The van der Waals surface area contributed by atoms with Crippen molar-refractivity contribution >= 4 is 21.7 Å². The Bertz CT molecular complexity index is 420. The Morgan fingerprint density at radius 1 is 1.37 bits per heavy atom. The quantitative estimate of drug-likeness (QED) is 0.720. The molecule has 0 N–H and O–H groups in total. The zero-order valence-corrected chi connectivity index (χ0v) is 13.8. The summed E-state index contributed by atoms with van der Waals surface area (Å²) in [5.41, 5.74) is 0.768. The average Bonchev–Trinajstić information content (AvgIpc) is 2.34. The molecule has 1 aromatic carbocycles. The summed E-state index contributed by atoms with van der Waals surface area (Å²) in [6.07, 6.45) is 0. The van der Waals surface area contributed by atoms with Crippen LogP contribution in [0.1, 0.15) is 24.2 Å². The van der Waals surface area contributed by atoms with Gasteiger partial charge in [0.05, 0.1) is 6.54 Å². The molecule has 3 nitrogen and oxygen atoms in total. The van der Waals surface area contributed by atoms with Gasteiger partial charge < -0.3 is 4.90 Å². The standard InChI is InChI=1S/C15H23BrN2O/c1-5-18(12(2)10-17(3)4)11-15(19)13-7-6-8-14(16)9-13/h6-9,12H,5,10-11H2,1-4H3. The summed E-state index contributed by atoms with van der Waals surface area (Å²) in [5.74, 6) is 0.175. The Hall–Kier alpha value is -0.710. The second kappa shape index (κ2) is 7.78. The van der Waals surface area contributed by atoms with E-state index in [1.165, 1.54) is 0 Å². The Balaban J connectivity index is 2.68. The van der Waals surface area contributed by atoms with E-state index < -0.39 is 0 Å². The van der Waals surface area contributed by atoms with E-state index >= 15 is 0 Å². The fourth-order valence-electron chi connectivity index (χ4n) is 2.16. The van der Waals surface area contributed by atoms with Crippen LogP contribution in [0.15, 0.2) is 28.7 Å². The minimum atomic E-state index is 0.175. The van der Waals surface area contributed by atoms with Gasteiger partial charge in [-0.25, -0.2) is 0 Å². The van der Waals surface area contributed by atoms with E-state index in [0.717, 1.165) is 23.1 Å². The largest absolute Gasteiger partial charge is 0.308 e. The number of halogens is 1. The molecule has 0 aromatic heterocycles. The van der Waals surface area contributed by atoms with Gasteiger partial charge in [-0.05, 0) is 39.7 Å². The lowest BCUT2D eigenvalue weighted by Crippen LogP contribution is -2.42. The Morgan fingerprint density at radius 3 is 2.58 bits per heavy atom. The maximum absolute atomic E-state index is 12.3. The SMILES string of the molecule is CCN(CC(=O)c1cccc(Br)c1)C(C)CN(C)C. The smallest absolute Gasteiger partial charge is 0.176 e. The van der Waals surface area contributed by atoms with Crippen LogP contribution in [0.25, 0.3) is 0 Å². The monoisotopic (exact) mass is 326 g/mol. The van der Waals surface area contributed by atoms with Crippen molar-refractivity contribution < 1.29 is 4.79 Å². The molecule has 0 saturated carbocycles. The van der Waals surface area contributed by atoms with Gasteiger partial charge in [-0.2, -0.15) is 0 Å². The molecule has 0 radical (unpaired) electrons. The third-order valence-electron chi connectivity index (χ3n) is 3.15. The van der Waals surface area contributed by atoms with Gasteiger partial charge in [-0.15, -0.1) is 0 Å². The Labute approximate surface area is 124 Å². The Morgan fingerprint density at radius 2 is 2.05 bits per heavy atom. The highest BCUT2D eigenvalue weighted by Crippen LogP contribution is 2.13. The van der Waals surface area contributed by atoms with E-state index in [-0.39, 0.29) is 5.78 Å². The summed E-state index contributed by atoms with van der Waals surface area (Å²) < 4.78 is 0.947. The molecule has 0 spiro atoms. The number of carbonyl (C=O) groups is 1. The third kappa shape index (κ3) is 5.43. The van der Waals surface area contributed by atoms with Crippen molar-refractivity contribution in [2.24, 2.45) is 0 Å². The van der Waals surface area contributed by atoms with Gasteiger partial charge >= 0.3 is 0 Å². The lowest BCUT2D eigenvalue weighted by atomic mass is 10.1. The molecule has 1 atom stereocenters. The maximum atomic E-state index is 12.3. The Kier molecular flexibility index (Phi) is 6.69. The zero-order chi connectivity index (χ0) is 14.4. The molecule has 0 saturated heterocycles. The molecule has 0 aliphatic rings. The van der Waals surface area contributed by atoms with Crippen LogP contribution in [-0.4, -0.2) is 55.4 Å². The zero-order valence-electron chi connectivity index (χ0n) is 12.2. The van der Waals surface area contributed by atoms with E-state index in [0.29, 0.717) is 12.6 Å². The first-order chi connectivity index (χ1) is 8.93. The number of carbonyl (C=O) groups excluding carboxylic acids is 1. The number of benzene rings is 1. The molecule has 0 aliphatic heterocycles. The molecule has 1 rings (SSSR count). The van der Waals surface area contributed by atoms with E-state index in [1.807, 2.05) is 24.3 Å². The van der Waals surface area contributed by atoms with Crippen LogP contribution in [0, 0.1) is 0 Å². The van der Waals surface area contributed by atoms with Crippen molar-refractivity contribution in [3.05, 3.63) is 34.3 Å². The van der Waals surface area contributed by atoms with E-state index in [1.54, 1.807) is 0 Å². The normalized spacial score (nSPS) is 13.0. The lowest BCUT2D eigenvalue weighted by Gasteiger charge is -2.29. The summed E-state index contributed by atoms with van der Waals surface area (Å²) in [4.78, 5) is 16.6. The molecule has 19 heavy (non-hydrogen) atoms. The number of nitrogens with zero attached hydrogens (tertiary/aromatic N) is 2. The highest BCUT2D eigenvalue weighted by Gasteiger charge is 2.17. The van der Waals surface area contributed by atoms with Crippen LogP contribution < -0.4 is 0 Å². The highest BCUT2D eigenvalue weighted by atomic mass is 79.9. The summed E-state index contributed by atoms with van der Waals surface area (Å²) >= 11 is 3.40. The molecule has 4 heteroatoms. The lowest BCUT2D eigenvalue weighted by molar-refractivity contribution is 0.0888. The first-order valence-electron chi connectivity index (χ1n) is 6.61.